The third kappa shape index (κ3) is 4.47. The van der Waals surface area contributed by atoms with Gasteiger partial charge in [0, 0.05) is 38.3 Å². The lowest BCUT2D eigenvalue weighted by Crippen LogP contribution is -2.51. The van der Waals surface area contributed by atoms with Gasteiger partial charge in [-0.05, 0) is 46.6 Å². The zero-order valence-corrected chi connectivity index (χ0v) is 17.8. The number of piperazine rings is 1. The van der Waals surface area contributed by atoms with Crippen molar-refractivity contribution in [2.45, 2.75) is 19.5 Å². The first-order valence-corrected chi connectivity index (χ1v) is 9.75. The molecular weight excluding hydrogens is 410 g/mol. The molecule has 0 bridgehead atoms. The molecule has 0 saturated carbocycles. The van der Waals surface area contributed by atoms with Crippen molar-refractivity contribution in [3.05, 3.63) is 40.4 Å². The average Bonchev–Trinajstić information content (AvgIpc) is 2.69. The van der Waals surface area contributed by atoms with E-state index in [0.717, 1.165) is 48.0 Å². The summed E-state index contributed by atoms with van der Waals surface area (Å²) in [7, 11) is 4.97. The van der Waals surface area contributed by atoms with Gasteiger partial charge in [0.05, 0.1) is 25.8 Å². The summed E-state index contributed by atoms with van der Waals surface area (Å²) in [5.74, 6) is 3.10. The molecule has 1 fully saturated rings. The number of methoxy groups -OCH3 is 3. The predicted molar refractivity (Wildman–Crippen MR) is 110 cm³/mol. The van der Waals surface area contributed by atoms with Crippen molar-refractivity contribution in [1.29, 1.82) is 0 Å². The van der Waals surface area contributed by atoms with E-state index >= 15 is 0 Å². The molecule has 0 amide bonds. The highest BCUT2D eigenvalue weighted by Gasteiger charge is 2.26. The van der Waals surface area contributed by atoms with Gasteiger partial charge in [0.25, 0.3) is 0 Å². The van der Waals surface area contributed by atoms with E-state index in [1.165, 1.54) is 5.56 Å². The molecule has 2 aromatic rings. The number of hydrogen-bond acceptors (Lipinski definition) is 6. The monoisotopic (exact) mass is 435 g/mol. The van der Waals surface area contributed by atoms with Crippen molar-refractivity contribution in [3.63, 3.8) is 0 Å². The van der Waals surface area contributed by atoms with Crippen molar-refractivity contribution in [1.82, 2.24) is 9.88 Å². The molecule has 3 rings (SSSR count). The number of rotatable bonds is 6. The topological polar surface area (TPSA) is 47.1 Å². The highest BCUT2D eigenvalue weighted by Crippen LogP contribution is 2.30. The molecule has 1 aliphatic rings. The minimum atomic E-state index is 0.395. The van der Waals surface area contributed by atoms with Crippen LogP contribution in [0.3, 0.4) is 0 Å². The van der Waals surface area contributed by atoms with Gasteiger partial charge in [0.2, 0.25) is 5.88 Å². The number of hydrogen-bond donors (Lipinski definition) is 0. The summed E-state index contributed by atoms with van der Waals surface area (Å²) in [4.78, 5) is 9.39. The number of ether oxygens (including phenoxy) is 3. The summed E-state index contributed by atoms with van der Waals surface area (Å²) in [6.45, 7) is 5.91. The van der Waals surface area contributed by atoms with Gasteiger partial charge >= 0.3 is 0 Å². The molecule has 1 aromatic carbocycles. The SMILES string of the molecule is COc1ccc(Br)c(N2CCN(Cc3ccc(OC)c(OC)c3)[C@@H](C)C2)n1. The van der Waals surface area contributed by atoms with Crippen molar-refractivity contribution >= 4 is 21.7 Å². The number of aromatic nitrogens is 1. The third-order valence-electron chi connectivity index (χ3n) is 4.91. The van der Waals surface area contributed by atoms with Crippen LogP contribution in [-0.2, 0) is 6.54 Å². The Morgan fingerprint density at radius 1 is 1.04 bits per heavy atom. The Morgan fingerprint density at radius 3 is 2.48 bits per heavy atom. The highest BCUT2D eigenvalue weighted by molar-refractivity contribution is 9.10. The van der Waals surface area contributed by atoms with E-state index in [9.17, 15) is 0 Å². The van der Waals surface area contributed by atoms with Crippen LogP contribution < -0.4 is 19.1 Å². The van der Waals surface area contributed by atoms with Gasteiger partial charge in [-0.2, -0.15) is 4.98 Å². The normalized spacial score (nSPS) is 17.7. The minimum absolute atomic E-state index is 0.395. The molecule has 0 N–H and O–H groups in total. The van der Waals surface area contributed by atoms with Crippen LogP contribution in [0.15, 0.2) is 34.8 Å². The average molecular weight is 436 g/mol. The standard InChI is InChI=1S/C20H26BrN3O3/c1-14-12-24(20-16(21)6-8-19(22-20)27-4)10-9-23(14)13-15-5-7-17(25-2)18(11-15)26-3/h5-8,11,14H,9-10,12-13H2,1-4H3/t14-/m0/s1. The number of benzene rings is 1. The summed E-state index contributed by atoms with van der Waals surface area (Å²) in [5.41, 5.74) is 1.22. The van der Waals surface area contributed by atoms with Gasteiger partial charge in [-0.3, -0.25) is 4.90 Å². The van der Waals surface area contributed by atoms with Crippen LogP contribution in [-0.4, -0.2) is 56.9 Å². The number of pyridine rings is 1. The van der Waals surface area contributed by atoms with Crippen molar-refractivity contribution in [2.75, 3.05) is 45.9 Å². The first-order chi connectivity index (χ1) is 13.0. The van der Waals surface area contributed by atoms with Crippen molar-refractivity contribution < 1.29 is 14.2 Å². The van der Waals surface area contributed by atoms with Crippen LogP contribution in [0.25, 0.3) is 0 Å². The van der Waals surface area contributed by atoms with E-state index in [2.05, 4.69) is 49.8 Å². The van der Waals surface area contributed by atoms with E-state index in [0.29, 0.717) is 11.9 Å². The molecule has 7 heteroatoms. The van der Waals surface area contributed by atoms with Crippen LogP contribution in [0.4, 0.5) is 5.82 Å². The maximum Gasteiger partial charge on any atom is 0.214 e. The van der Waals surface area contributed by atoms with Gasteiger partial charge in [-0.15, -0.1) is 0 Å². The largest absolute Gasteiger partial charge is 0.493 e. The van der Waals surface area contributed by atoms with Crippen LogP contribution in [0.2, 0.25) is 0 Å². The van der Waals surface area contributed by atoms with E-state index in [1.54, 1.807) is 21.3 Å². The van der Waals surface area contributed by atoms with E-state index in [1.807, 2.05) is 18.2 Å². The minimum Gasteiger partial charge on any atom is -0.493 e. The van der Waals surface area contributed by atoms with E-state index in [-0.39, 0.29) is 0 Å². The Labute approximate surface area is 169 Å². The van der Waals surface area contributed by atoms with Crippen LogP contribution in [0, 0.1) is 0 Å². The Hall–Kier alpha value is -1.99. The number of nitrogens with zero attached hydrogens (tertiary/aromatic N) is 3. The molecule has 1 aliphatic heterocycles. The summed E-state index contributed by atoms with van der Waals surface area (Å²) < 4.78 is 17.0. The van der Waals surface area contributed by atoms with Crippen molar-refractivity contribution in [3.8, 4) is 17.4 Å². The summed E-state index contributed by atoms with van der Waals surface area (Å²) in [5, 5.41) is 0. The molecule has 1 saturated heterocycles. The van der Waals surface area contributed by atoms with Gasteiger partial charge in [-0.1, -0.05) is 6.07 Å². The zero-order chi connectivity index (χ0) is 19.4. The fraction of sp³-hybridized carbons (Fsp3) is 0.450. The summed E-state index contributed by atoms with van der Waals surface area (Å²) >= 11 is 3.61. The Bertz CT molecular complexity index is 787. The van der Waals surface area contributed by atoms with E-state index < -0.39 is 0 Å². The second-order valence-electron chi connectivity index (χ2n) is 6.61. The highest BCUT2D eigenvalue weighted by atomic mass is 79.9. The van der Waals surface area contributed by atoms with Gasteiger partial charge < -0.3 is 19.1 Å². The zero-order valence-electron chi connectivity index (χ0n) is 16.2. The fourth-order valence-corrected chi connectivity index (χ4v) is 3.86. The summed E-state index contributed by atoms with van der Waals surface area (Å²) in [6, 6.07) is 10.4. The second kappa shape index (κ2) is 8.80. The Kier molecular flexibility index (Phi) is 6.44. The quantitative estimate of drug-likeness (QED) is 0.690. The molecular formula is C20H26BrN3O3. The van der Waals surface area contributed by atoms with E-state index in [4.69, 9.17) is 14.2 Å². The van der Waals surface area contributed by atoms with Crippen LogP contribution >= 0.6 is 15.9 Å². The lowest BCUT2D eigenvalue weighted by atomic mass is 10.1. The summed E-state index contributed by atoms with van der Waals surface area (Å²) in [6.07, 6.45) is 0. The molecule has 146 valence electrons. The molecule has 2 heterocycles. The first-order valence-electron chi connectivity index (χ1n) is 8.96. The van der Waals surface area contributed by atoms with Gasteiger partial charge in [0.15, 0.2) is 11.5 Å². The smallest absolute Gasteiger partial charge is 0.214 e. The first kappa shape index (κ1) is 19.8. The molecule has 0 radical (unpaired) electrons. The molecule has 0 aliphatic carbocycles. The lowest BCUT2D eigenvalue weighted by Gasteiger charge is -2.40. The fourth-order valence-electron chi connectivity index (χ4n) is 3.39. The maximum atomic E-state index is 5.43. The molecule has 27 heavy (non-hydrogen) atoms. The molecule has 6 nitrogen and oxygen atoms in total. The van der Waals surface area contributed by atoms with Gasteiger partial charge in [0.1, 0.15) is 5.82 Å². The predicted octanol–water partition coefficient (Wildman–Crippen LogP) is 3.58. The Balaban J connectivity index is 1.69. The lowest BCUT2D eigenvalue weighted by molar-refractivity contribution is 0.180. The second-order valence-corrected chi connectivity index (χ2v) is 7.47. The van der Waals surface area contributed by atoms with Crippen LogP contribution in [0.5, 0.6) is 17.4 Å². The third-order valence-corrected chi connectivity index (χ3v) is 5.53. The maximum absolute atomic E-state index is 5.43. The van der Waals surface area contributed by atoms with Gasteiger partial charge in [-0.25, -0.2) is 0 Å². The molecule has 0 spiro atoms. The van der Waals surface area contributed by atoms with Crippen molar-refractivity contribution in [2.24, 2.45) is 0 Å². The molecule has 0 unspecified atom stereocenters. The molecule has 1 aromatic heterocycles. The van der Waals surface area contributed by atoms with Crippen LogP contribution in [0.1, 0.15) is 12.5 Å². The number of halogens is 1. The molecule has 1 atom stereocenters. The Morgan fingerprint density at radius 2 is 1.81 bits per heavy atom. The number of anilines is 1.